The number of benzene rings is 4. The van der Waals surface area contributed by atoms with Gasteiger partial charge in [-0.15, -0.1) is 0 Å². The second-order valence-corrected chi connectivity index (χ2v) is 10.8. The van der Waals surface area contributed by atoms with E-state index in [-0.39, 0.29) is 22.5 Å². The molecule has 7 rings (SSSR count). The Morgan fingerprint density at radius 3 is 1.98 bits per heavy atom. The molecular weight excluding hydrogens is 552 g/mol. The van der Waals surface area contributed by atoms with Crippen LogP contribution >= 0.6 is 11.6 Å². The Balaban J connectivity index is 1.63. The van der Waals surface area contributed by atoms with Gasteiger partial charge in [-0.1, -0.05) is 83.9 Å². The Labute approximate surface area is 245 Å². The molecule has 1 N–H and O–H groups in total. The lowest BCUT2D eigenvalue weighted by molar-refractivity contribution is -0.132. The molecule has 4 aromatic rings. The third-order valence-electron chi connectivity index (χ3n) is 7.97. The number of rotatable bonds is 3. The Morgan fingerprint density at radius 2 is 1.31 bits per heavy atom. The highest BCUT2D eigenvalue weighted by Gasteiger charge is 2.71. The maximum absolute atomic E-state index is 15.1. The molecule has 0 aromatic heterocycles. The molecule has 2 aliphatic heterocycles. The van der Waals surface area contributed by atoms with Crippen LogP contribution in [0.15, 0.2) is 114 Å². The molecular formula is C34H21ClN2O5. The summed E-state index contributed by atoms with van der Waals surface area (Å²) in [4.78, 5) is 59.8. The maximum Gasteiger partial charge on any atom is 0.300 e. The number of amides is 2. The zero-order valence-corrected chi connectivity index (χ0v) is 22.9. The summed E-state index contributed by atoms with van der Waals surface area (Å²) in [5.41, 5.74) is 0.0400. The molecule has 8 heteroatoms. The molecule has 0 saturated carbocycles. The van der Waals surface area contributed by atoms with Crippen LogP contribution in [0.4, 0.5) is 11.4 Å². The fourth-order valence-corrected chi connectivity index (χ4v) is 6.27. The van der Waals surface area contributed by atoms with E-state index in [0.29, 0.717) is 21.8 Å². The highest BCUT2D eigenvalue weighted by atomic mass is 35.5. The molecule has 0 bridgehead atoms. The highest BCUT2D eigenvalue weighted by molar-refractivity contribution is 6.58. The minimum Gasteiger partial charge on any atom is -0.507 e. The van der Waals surface area contributed by atoms with Crippen LogP contribution in [0.3, 0.4) is 0 Å². The second-order valence-electron chi connectivity index (χ2n) is 10.3. The van der Waals surface area contributed by atoms with Crippen LogP contribution in [0, 0.1) is 6.92 Å². The number of hydrogen-bond acceptors (Lipinski definition) is 5. The van der Waals surface area contributed by atoms with Crippen molar-refractivity contribution in [3.63, 3.8) is 0 Å². The molecule has 1 aliphatic carbocycles. The zero-order chi connectivity index (χ0) is 29.3. The Morgan fingerprint density at radius 1 is 0.714 bits per heavy atom. The van der Waals surface area contributed by atoms with E-state index >= 15 is 4.79 Å². The third kappa shape index (κ3) is 3.28. The molecule has 204 valence electrons. The van der Waals surface area contributed by atoms with Crippen molar-refractivity contribution in [1.82, 2.24) is 0 Å². The van der Waals surface area contributed by atoms with Crippen molar-refractivity contribution in [2.24, 2.45) is 0 Å². The van der Waals surface area contributed by atoms with Gasteiger partial charge in [0.1, 0.15) is 5.76 Å². The van der Waals surface area contributed by atoms with Gasteiger partial charge in [0.05, 0.1) is 16.8 Å². The number of carbonyl (C=O) groups excluding carboxylic acids is 4. The largest absolute Gasteiger partial charge is 0.507 e. The Kier molecular flexibility index (Phi) is 5.58. The van der Waals surface area contributed by atoms with Crippen LogP contribution < -0.4 is 9.80 Å². The van der Waals surface area contributed by atoms with Gasteiger partial charge >= 0.3 is 5.91 Å². The SMILES string of the molecule is Cc1ccc(N2C(=O)C3(C4=C2c2ccccc2C4=O)/C(=C(/O)c2ccccc2)C(=O)C(=O)N3c2ccc(Cl)cc2)cc1. The van der Waals surface area contributed by atoms with E-state index in [1.54, 1.807) is 66.7 Å². The van der Waals surface area contributed by atoms with Crippen LogP contribution in [0.1, 0.15) is 27.0 Å². The van der Waals surface area contributed by atoms with Crippen molar-refractivity contribution in [2.75, 3.05) is 9.80 Å². The molecule has 7 nitrogen and oxygen atoms in total. The predicted molar refractivity (Wildman–Crippen MR) is 159 cm³/mol. The van der Waals surface area contributed by atoms with Gasteiger partial charge in [-0.25, -0.2) is 0 Å². The van der Waals surface area contributed by atoms with Crippen LogP contribution in [-0.4, -0.2) is 34.0 Å². The molecule has 4 aromatic carbocycles. The lowest BCUT2D eigenvalue weighted by atomic mass is 9.79. The molecule has 2 heterocycles. The lowest BCUT2D eigenvalue weighted by Crippen LogP contribution is -2.57. The number of anilines is 2. The molecule has 1 saturated heterocycles. The fourth-order valence-electron chi connectivity index (χ4n) is 6.14. The topological polar surface area (TPSA) is 95.0 Å². The van der Waals surface area contributed by atoms with Crippen molar-refractivity contribution < 1.29 is 24.3 Å². The first kappa shape index (κ1) is 25.7. The molecule has 1 fully saturated rings. The van der Waals surface area contributed by atoms with Gasteiger partial charge in [-0.3, -0.25) is 29.0 Å². The first-order chi connectivity index (χ1) is 20.3. The number of hydrogen-bond donors (Lipinski definition) is 1. The quantitative estimate of drug-likeness (QED) is 0.187. The average molecular weight is 573 g/mol. The second kappa shape index (κ2) is 9.12. The van der Waals surface area contributed by atoms with Gasteiger partial charge in [0, 0.05) is 33.1 Å². The number of aryl methyl sites for hydroxylation is 1. The maximum atomic E-state index is 15.1. The van der Waals surface area contributed by atoms with Crippen LogP contribution in [-0.2, 0) is 14.4 Å². The monoisotopic (exact) mass is 572 g/mol. The molecule has 0 radical (unpaired) electrons. The van der Waals surface area contributed by atoms with Crippen molar-refractivity contribution in [3.8, 4) is 0 Å². The minimum absolute atomic E-state index is 0.0686. The smallest absolute Gasteiger partial charge is 0.300 e. The van der Waals surface area contributed by atoms with E-state index in [4.69, 9.17) is 11.6 Å². The van der Waals surface area contributed by atoms with E-state index in [1.165, 1.54) is 29.2 Å². The van der Waals surface area contributed by atoms with Gasteiger partial charge in [-0.2, -0.15) is 0 Å². The first-order valence-electron chi connectivity index (χ1n) is 13.2. The number of aliphatic hydroxyl groups is 1. The minimum atomic E-state index is -2.29. The van der Waals surface area contributed by atoms with E-state index in [2.05, 4.69) is 0 Å². The summed E-state index contributed by atoms with van der Waals surface area (Å²) < 4.78 is 0. The van der Waals surface area contributed by atoms with Crippen LogP contribution in [0.5, 0.6) is 0 Å². The predicted octanol–water partition coefficient (Wildman–Crippen LogP) is 5.93. The summed E-state index contributed by atoms with van der Waals surface area (Å²) in [6, 6.07) is 28.2. The van der Waals surface area contributed by atoms with Gasteiger partial charge in [0.15, 0.2) is 11.3 Å². The zero-order valence-electron chi connectivity index (χ0n) is 22.2. The number of halogens is 1. The van der Waals surface area contributed by atoms with E-state index in [9.17, 15) is 19.5 Å². The van der Waals surface area contributed by atoms with E-state index in [0.717, 1.165) is 10.5 Å². The normalized spacial score (nSPS) is 20.6. The summed E-state index contributed by atoms with van der Waals surface area (Å²) in [5.74, 6) is -3.93. The molecule has 1 atom stereocenters. The fraction of sp³-hybridized carbons (Fsp3) is 0.0588. The molecule has 1 unspecified atom stereocenters. The molecule has 3 aliphatic rings. The van der Waals surface area contributed by atoms with Crippen molar-refractivity contribution in [3.05, 3.63) is 142 Å². The summed E-state index contributed by atoms with van der Waals surface area (Å²) >= 11 is 6.15. The Bertz CT molecular complexity index is 1930. The van der Waals surface area contributed by atoms with Crippen LogP contribution in [0.2, 0.25) is 5.02 Å². The van der Waals surface area contributed by atoms with Gasteiger partial charge in [0.2, 0.25) is 0 Å². The van der Waals surface area contributed by atoms with Crippen LogP contribution in [0.25, 0.3) is 11.5 Å². The number of fused-ring (bicyclic) bond motifs is 3. The third-order valence-corrected chi connectivity index (χ3v) is 8.22. The van der Waals surface area contributed by atoms with E-state index in [1.807, 2.05) is 19.1 Å². The lowest BCUT2D eigenvalue weighted by Gasteiger charge is -2.36. The standard InChI is InChI=1S/C34H21ClN2O5/c1-19-11-15-22(16-12-19)36-28-24-9-5-6-10-25(24)30(39)26(28)34(33(36)42)27(29(38)20-7-3-2-4-8-20)31(40)32(41)37(34)23-17-13-21(35)14-18-23/h2-18,38H,1H3/b29-27+. The van der Waals surface area contributed by atoms with Crippen molar-refractivity contribution in [1.29, 1.82) is 0 Å². The summed E-state index contributed by atoms with van der Waals surface area (Å²) in [6.45, 7) is 1.91. The molecule has 2 amide bonds. The number of aliphatic hydroxyl groups excluding tert-OH is 1. The molecule has 42 heavy (non-hydrogen) atoms. The number of carbonyl (C=O) groups is 4. The first-order valence-corrected chi connectivity index (χ1v) is 13.6. The van der Waals surface area contributed by atoms with E-state index < -0.39 is 40.3 Å². The highest BCUT2D eigenvalue weighted by Crippen LogP contribution is 2.57. The number of Topliss-reactive ketones (excluding diaryl/α,β-unsaturated/α-hetero) is 2. The average Bonchev–Trinajstić information content (AvgIpc) is 3.53. The number of nitrogens with zero attached hydrogens (tertiary/aromatic N) is 2. The van der Waals surface area contributed by atoms with Gasteiger partial charge in [0.25, 0.3) is 11.7 Å². The van der Waals surface area contributed by atoms with Crippen molar-refractivity contribution >= 4 is 57.8 Å². The van der Waals surface area contributed by atoms with Crippen molar-refractivity contribution in [2.45, 2.75) is 12.5 Å². The Hall–Kier alpha value is -5.27. The molecule has 1 spiro atoms. The summed E-state index contributed by atoms with van der Waals surface area (Å²) in [5, 5.41) is 12.1. The van der Waals surface area contributed by atoms with Gasteiger partial charge in [-0.05, 0) is 43.3 Å². The number of ketones is 2. The summed E-state index contributed by atoms with van der Waals surface area (Å²) in [6.07, 6.45) is 0. The summed E-state index contributed by atoms with van der Waals surface area (Å²) in [7, 11) is 0. The van der Waals surface area contributed by atoms with Gasteiger partial charge < -0.3 is 5.11 Å².